The fourth-order valence-electron chi connectivity index (χ4n) is 2.97. The SMILES string of the molecule is Cc1ccc2c(C(=O)c3ccccc3)nc3ccccc3c2c1. The highest BCUT2D eigenvalue weighted by atomic mass is 16.1. The average molecular weight is 297 g/mol. The number of ketones is 1. The van der Waals surface area contributed by atoms with Gasteiger partial charge in [0.2, 0.25) is 5.78 Å². The minimum Gasteiger partial charge on any atom is -0.287 e. The molecule has 0 amide bonds. The first-order chi connectivity index (χ1) is 11.2. The van der Waals surface area contributed by atoms with Crippen LogP contribution < -0.4 is 0 Å². The zero-order valence-corrected chi connectivity index (χ0v) is 12.8. The van der Waals surface area contributed by atoms with Gasteiger partial charge in [-0.2, -0.15) is 0 Å². The lowest BCUT2D eigenvalue weighted by Gasteiger charge is -2.10. The molecule has 2 heteroatoms. The van der Waals surface area contributed by atoms with Gasteiger partial charge in [0.1, 0.15) is 5.69 Å². The minimum absolute atomic E-state index is 0.0368. The van der Waals surface area contributed by atoms with Gasteiger partial charge in [0.25, 0.3) is 0 Å². The Bertz CT molecular complexity index is 1040. The van der Waals surface area contributed by atoms with Crippen LogP contribution >= 0.6 is 0 Å². The van der Waals surface area contributed by atoms with E-state index < -0.39 is 0 Å². The van der Waals surface area contributed by atoms with E-state index in [4.69, 9.17) is 0 Å². The van der Waals surface area contributed by atoms with Crippen molar-refractivity contribution in [1.82, 2.24) is 4.98 Å². The van der Waals surface area contributed by atoms with Crippen LogP contribution in [0.3, 0.4) is 0 Å². The highest BCUT2D eigenvalue weighted by Gasteiger charge is 2.16. The number of aromatic nitrogens is 1. The first-order valence-corrected chi connectivity index (χ1v) is 7.63. The van der Waals surface area contributed by atoms with E-state index in [1.807, 2.05) is 60.7 Å². The van der Waals surface area contributed by atoms with Gasteiger partial charge in [0.15, 0.2) is 0 Å². The molecule has 0 aliphatic carbocycles. The van der Waals surface area contributed by atoms with Gasteiger partial charge in [0, 0.05) is 16.3 Å². The summed E-state index contributed by atoms with van der Waals surface area (Å²) < 4.78 is 0. The smallest absolute Gasteiger partial charge is 0.212 e. The third-order valence-corrected chi connectivity index (χ3v) is 4.11. The zero-order valence-electron chi connectivity index (χ0n) is 12.8. The molecule has 0 radical (unpaired) electrons. The number of carbonyl (C=O) groups excluding carboxylic acids is 1. The molecule has 0 fully saturated rings. The van der Waals surface area contributed by atoms with Gasteiger partial charge in [-0.3, -0.25) is 4.79 Å². The van der Waals surface area contributed by atoms with Crippen LogP contribution in [0.25, 0.3) is 21.7 Å². The Morgan fingerprint density at radius 3 is 2.35 bits per heavy atom. The summed E-state index contributed by atoms with van der Waals surface area (Å²) in [5.74, 6) is -0.0368. The van der Waals surface area contributed by atoms with Crippen LogP contribution in [0.5, 0.6) is 0 Å². The summed E-state index contributed by atoms with van der Waals surface area (Å²) in [5.41, 5.74) is 3.21. The van der Waals surface area contributed by atoms with Crippen LogP contribution in [0.4, 0.5) is 0 Å². The maximum atomic E-state index is 12.9. The number of para-hydroxylation sites is 1. The van der Waals surface area contributed by atoms with E-state index in [-0.39, 0.29) is 5.78 Å². The van der Waals surface area contributed by atoms with Crippen molar-refractivity contribution < 1.29 is 4.79 Å². The van der Waals surface area contributed by atoms with E-state index in [9.17, 15) is 4.79 Å². The van der Waals surface area contributed by atoms with Gasteiger partial charge in [0.05, 0.1) is 5.52 Å². The fourth-order valence-corrected chi connectivity index (χ4v) is 2.97. The topological polar surface area (TPSA) is 30.0 Å². The van der Waals surface area contributed by atoms with E-state index in [0.717, 1.165) is 21.7 Å². The largest absolute Gasteiger partial charge is 0.287 e. The van der Waals surface area contributed by atoms with Crippen LogP contribution in [-0.2, 0) is 0 Å². The number of carbonyl (C=O) groups is 1. The second kappa shape index (κ2) is 5.33. The lowest BCUT2D eigenvalue weighted by molar-refractivity contribution is 0.103. The first kappa shape index (κ1) is 13.6. The maximum Gasteiger partial charge on any atom is 0.212 e. The summed E-state index contributed by atoms with van der Waals surface area (Å²) in [4.78, 5) is 17.6. The van der Waals surface area contributed by atoms with E-state index in [2.05, 4.69) is 24.0 Å². The molecule has 0 atom stereocenters. The lowest BCUT2D eigenvalue weighted by Crippen LogP contribution is -2.05. The van der Waals surface area contributed by atoms with Crippen molar-refractivity contribution in [3.05, 3.63) is 89.6 Å². The van der Waals surface area contributed by atoms with Crippen LogP contribution in [0, 0.1) is 6.92 Å². The maximum absolute atomic E-state index is 12.9. The zero-order chi connectivity index (χ0) is 15.8. The van der Waals surface area contributed by atoms with Gasteiger partial charge in [-0.05, 0) is 18.4 Å². The Morgan fingerprint density at radius 2 is 1.52 bits per heavy atom. The van der Waals surface area contributed by atoms with Gasteiger partial charge in [-0.25, -0.2) is 4.98 Å². The number of hydrogen-bond donors (Lipinski definition) is 0. The number of pyridine rings is 1. The van der Waals surface area contributed by atoms with Crippen molar-refractivity contribution in [1.29, 1.82) is 0 Å². The molecule has 0 bridgehead atoms. The number of rotatable bonds is 2. The van der Waals surface area contributed by atoms with Crippen molar-refractivity contribution >= 4 is 27.5 Å². The molecule has 0 aliphatic heterocycles. The average Bonchev–Trinajstić information content (AvgIpc) is 2.61. The second-order valence-corrected chi connectivity index (χ2v) is 5.72. The van der Waals surface area contributed by atoms with Crippen LogP contribution in [0.2, 0.25) is 0 Å². The monoisotopic (exact) mass is 297 g/mol. The third-order valence-electron chi connectivity index (χ3n) is 4.11. The molecular weight excluding hydrogens is 282 g/mol. The van der Waals surface area contributed by atoms with Crippen LogP contribution in [-0.4, -0.2) is 10.8 Å². The van der Waals surface area contributed by atoms with Gasteiger partial charge in [-0.15, -0.1) is 0 Å². The Kier molecular flexibility index (Phi) is 3.16. The van der Waals surface area contributed by atoms with Gasteiger partial charge < -0.3 is 0 Å². The molecule has 4 aromatic rings. The number of fused-ring (bicyclic) bond motifs is 3. The highest BCUT2D eigenvalue weighted by Crippen LogP contribution is 2.28. The number of aryl methyl sites for hydroxylation is 1. The second-order valence-electron chi connectivity index (χ2n) is 5.72. The van der Waals surface area contributed by atoms with E-state index in [1.54, 1.807) is 0 Å². The summed E-state index contributed by atoms with van der Waals surface area (Å²) >= 11 is 0. The highest BCUT2D eigenvalue weighted by molar-refractivity contribution is 6.19. The predicted molar refractivity (Wildman–Crippen MR) is 93.9 cm³/mol. The molecular formula is C21H15NO. The molecule has 1 aromatic heterocycles. The standard InChI is InChI=1S/C21H15NO/c1-14-11-12-17-18(13-14)16-9-5-6-10-19(16)22-20(17)21(23)15-7-3-2-4-8-15/h2-13H,1H3. The number of nitrogens with zero attached hydrogens (tertiary/aromatic N) is 1. The first-order valence-electron chi connectivity index (χ1n) is 7.63. The molecule has 2 nitrogen and oxygen atoms in total. The van der Waals surface area contributed by atoms with Crippen molar-refractivity contribution in [3.63, 3.8) is 0 Å². The molecule has 3 aromatic carbocycles. The predicted octanol–water partition coefficient (Wildman–Crippen LogP) is 4.93. The summed E-state index contributed by atoms with van der Waals surface area (Å²) in [7, 11) is 0. The lowest BCUT2D eigenvalue weighted by atomic mass is 9.98. The summed E-state index contributed by atoms with van der Waals surface area (Å²) in [6, 6.07) is 23.5. The van der Waals surface area contributed by atoms with E-state index >= 15 is 0 Å². The minimum atomic E-state index is -0.0368. The van der Waals surface area contributed by atoms with Crippen molar-refractivity contribution in [3.8, 4) is 0 Å². The molecule has 1 heterocycles. The van der Waals surface area contributed by atoms with Crippen molar-refractivity contribution in [2.24, 2.45) is 0 Å². The molecule has 0 saturated heterocycles. The molecule has 0 spiro atoms. The summed E-state index contributed by atoms with van der Waals surface area (Å²) in [6.45, 7) is 2.06. The number of benzene rings is 3. The van der Waals surface area contributed by atoms with Crippen LogP contribution in [0.1, 0.15) is 21.6 Å². The molecule has 4 rings (SSSR count). The molecule has 0 N–H and O–H groups in total. The van der Waals surface area contributed by atoms with Gasteiger partial charge >= 0.3 is 0 Å². The number of hydrogen-bond acceptors (Lipinski definition) is 2. The van der Waals surface area contributed by atoms with E-state index in [0.29, 0.717) is 11.3 Å². The van der Waals surface area contributed by atoms with Crippen molar-refractivity contribution in [2.75, 3.05) is 0 Å². The Balaban J connectivity index is 2.07. The normalized spacial score (nSPS) is 11.0. The molecule has 23 heavy (non-hydrogen) atoms. The fraction of sp³-hybridized carbons (Fsp3) is 0.0476. The quantitative estimate of drug-likeness (QED) is 0.388. The van der Waals surface area contributed by atoms with E-state index in [1.165, 1.54) is 5.56 Å². The Labute approximate surface area is 134 Å². The molecule has 110 valence electrons. The molecule has 0 unspecified atom stereocenters. The Hall–Kier alpha value is -3.00. The van der Waals surface area contributed by atoms with Crippen LogP contribution in [0.15, 0.2) is 72.8 Å². The summed E-state index contributed by atoms with van der Waals surface area (Å²) in [6.07, 6.45) is 0. The Morgan fingerprint density at radius 1 is 0.783 bits per heavy atom. The molecule has 0 saturated carbocycles. The molecule has 0 aliphatic rings. The van der Waals surface area contributed by atoms with Gasteiger partial charge in [-0.1, -0.05) is 72.3 Å². The summed E-state index contributed by atoms with van der Waals surface area (Å²) in [5, 5.41) is 3.06. The van der Waals surface area contributed by atoms with Crippen molar-refractivity contribution in [2.45, 2.75) is 6.92 Å². The third kappa shape index (κ3) is 2.29.